The molecule has 0 aliphatic carbocycles. The van der Waals surface area contributed by atoms with Gasteiger partial charge in [-0.25, -0.2) is 0 Å². The van der Waals surface area contributed by atoms with Crippen molar-refractivity contribution in [1.29, 1.82) is 5.26 Å². The number of para-hydroxylation sites is 1. The third-order valence-corrected chi connectivity index (χ3v) is 3.33. The van der Waals surface area contributed by atoms with Crippen LogP contribution in [0.5, 0.6) is 0 Å². The van der Waals surface area contributed by atoms with Crippen molar-refractivity contribution < 1.29 is 4.79 Å². The van der Waals surface area contributed by atoms with Crippen LogP contribution >= 0.6 is 0 Å². The van der Waals surface area contributed by atoms with E-state index >= 15 is 0 Å². The number of allylic oxidation sites excluding steroid dienone is 1. The predicted molar refractivity (Wildman–Crippen MR) is 85.7 cm³/mol. The van der Waals surface area contributed by atoms with Crippen LogP contribution in [0.4, 0.5) is 5.69 Å². The number of benzene rings is 2. The lowest BCUT2D eigenvalue weighted by atomic mass is 10.0. The summed E-state index contributed by atoms with van der Waals surface area (Å²) in [5, 5.41) is 15.3. The van der Waals surface area contributed by atoms with Crippen LogP contribution in [-0.4, -0.2) is 18.0 Å². The Labute approximate surface area is 128 Å². The predicted octanol–water partition coefficient (Wildman–Crippen LogP) is 3.20. The Morgan fingerprint density at radius 2 is 1.68 bits per heavy atom. The van der Waals surface area contributed by atoms with Gasteiger partial charge in [0.15, 0.2) is 0 Å². The number of hydrazone groups is 1. The minimum Gasteiger partial charge on any atom is -0.287 e. The fourth-order valence-electron chi connectivity index (χ4n) is 2.23. The second-order valence-corrected chi connectivity index (χ2v) is 4.85. The molecule has 1 heterocycles. The van der Waals surface area contributed by atoms with Crippen molar-refractivity contribution in [3.8, 4) is 6.07 Å². The van der Waals surface area contributed by atoms with Crippen LogP contribution in [0.15, 0.2) is 77.4 Å². The Morgan fingerprint density at radius 3 is 2.32 bits per heavy atom. The second kappa shape index (κ2) is 6.06. The van der Waals surface area contributed by atoms with E-state index in [2.05, 4.69) is 11.2 Å². The highest BCUT2D eigenvalue weighted by molar-refractivity contribution is 6.50. The van der Waals surface area contributed by atoms with Gasteiger partial charge in [-0.3, -0.25) is 9.80 Å². The summed E-state index contributed by atoms with van der Waals surface area (Å²) in [7, 11) is 0. The fourth-order valence-corrected chi connectivity index (χ4v) is 2.23. The number of rotatable bonds is 3. The number of Topliss-reactive ketones (excluding diaryl/α,β-unsaturated/α-hetero) is 1. The van der Waals surface area contributed by atoms with E-state index in [0.717, 1.165) is 5.69 Å². The van der Waals surface area contributed by atoms with Gasteiger partial charge >= 0.3 is 0 Å². The van der Waals surface area contributed by atoms with Crippen LogP contribution in [0.2, 0.25) is 0 Å². The van der Waals surface area contributed by atoms with Gasteiger partial charge in [0.1, 0.15) is 5.71 Å². The topological polar surface area (TPSA) is 56.5 Å². The molecule has 0 atom stereocenters. The van der Waals surface area contributed by atoms with Gasteiger partial charge < -0.3 is 0 Å². The van der Waals surface area contributed by atoms with E-state index in [1.54, 1.807) is 35.4 Å². The number of anilines is 1. The lowest BCUT2D eigenvalue weighted by molar-refractivity contribution is 0.106. The summed E-state index contributed by atoms with van der Waals surface area (Å²) in [4.78, 5) is 12.5. The third kappa shape index (κ3) is 2.79. The number of nitriles is 1. The van der Waals surface area contributed by atoms with Crippen molar-refractivity contribution >= 4 is 17.2 Å². The zero-order valence-corrected chi connectivity index (χ0v) is 11.8. The SMILES string of the molecule is N#CC1=CC(C(=O)c2ccccc2)=NN(c2ccccc2)C1. The molecule has 0 aromatic heterocycles. The fraction of sp³-hybridized carbons (Fsp3) is 0.0556. The molecule has 0 unspecified atom stereocenters. The summed E-state index contributed by atoms with van der Waals surface area (Å²) in [6.07, 6.45) is 1.56. The number of hydrogen-bond acceptors (Lipinski definition) is 4. The van der Waals surface area contributed by atoms with Gasteiger partial charge in [0.25, 0.3) is 0 Å². The average Bonchev–Trinajstić information content (AvgIpc) is 2.62. The molecule has 0 spiro atoms. The highest BCUT2D eigenvalue weighted by Crippen LogP contribution is 2.19. The molecular formula is C18H13N3O. The molecule has 0 amide bonds. The Balaban J connectivity index is 1.98. The van der Waals surface area contributed by atoms with Crippen molar-refractivity contribution in [2.75, 3.05) is 11.6 Å². The monoisotopic (exact) mass is 287 g/mol. The molecule has 4 nitrogen and oxygen atoms in total. The smallest absolute Gasteiger partial charge is 0.213 e. The van der Waals surface area contributed by atoms with Gasteiger partial charge in [0, 0.05) is 5.56 Å². The molecule has 0 N–H and O–H groups in total. The van der Waals surface area contributed by atoms with Gasteiger partial charge in [-0.2, -0.15) is 10.4 Å². The summed E-state index contributed by atoms with van der Waals surface area (Å²) in [6.45, 7) is 0.367. The largest absolute Gasteiger partial charge is 0.287 e. The highest BCUT2D eigenvalue weighted by atomic mass is 16.1. The Kier molecular flexibility index (Phi) is 3.80. The molecule has 1 aliphatic rings. The molecule has 0 saturated carbocycles. The van der Waals surface area contributed by atoms with Crippen molar-refractivity contribution in [1.82, 2.24) is 0 Å². The van der Waals surface area contributed by atoms with Crippen LogP contribution < -0.4 is 5.01 Å². The van der Waals surface area contributed by atoms with E-state index < -0.39 is 0 Å². The number of carbonyl (C=O) groups is 1. The van der Waals surface area contributed by atoms with Crippen LogP contribution in [0.1, 0.15) is 10.4 Å². The van der Waals surface area contributed by atoms with E-state index in [1.165, 1.54) is 0 Å². The first-order valence-corrected chi connectivity index (χ1v) is 6.89. The van der Waals surface area contributed by atoms with Crippen molar-refractivity contribution in [3.63, 3.8) is 0 Å². The molecule has 1 aliphatic heterocycles. The maximum absolute atomic E-state index is 12.5. The van der Waals surface area contributed by atoms with Crippen LogP contribution in [0.3, 0.4) is 0 Å². The minimum absolute atomic E-state index is 0.186. The van der Waals surface area contributed by atoms with Crippen LogP contribution in [-0.2, 0) is 0 Å². The summed E-state index contributed by atoms with van der Waals surface area (Å²) in [6, 6.07) is 20.6. The van der Waals surface area contributed by atoms with E-state index in [-0.39, 0.29) is 11.5 Å². The highest BCUT2D eigenvalue weighted by Gasteiger charge is 2.20. The molecule has 0 bridgehead atoms. The summed E-state index contributed by atoms with van der Waals surface area (Å²) in [5.74, 6) is -0.186. The zero-order valence-electron chi connectivity index (χ0n) is 11.8. The molecule has 0 radical (unpaired) electrons. The molecule has 0 fully saturated rings. The molecule has 2 aromatic rings. The second-order valence-electron chi connectivity index (χ2n) is 4.85. The van der Waals surface area contributed by atoms with Gasteiger partial charge in [-0.05, 0) is 18.2 Å². The van der Waals surface area contributed by atoms with Crippen molar-refractivity contribution in [2.24, 2.45) is 5.10 Å². The Bertz CT molecular complexity index is 786. The first kappa shape index (κ1) is 13.8. The maximum atomic E-state index is 12.5. The summed E-state index contributed by atoms with van der Waals surface area (Å²) in [5.41, 5.74) is 2.20. The summed E-state index contributed by atoms with van der Waals surface area (Å²) >= 11 is 0. The minimum atomic E-state index is -0.186. The van der Waals surface area contributed by atoms with Gasteiger partial charge in [-0.15, -0.1) is 0 Å². The molecule has 3 rings (SSSR count). The molecule has 2 aromatic carbocycles. The molecule has 22 heavy (non-hydrogen) atoms. The Morgan fingerprint density at radius 1 is 1.05 bits per heavy atom. The van der Waals surface area contributed by atoms with Crippen molar-refractivity contribution in [3.05, 3.63) is 77.9 Å². The lowest BCUT2D eigenvalue weighted by Gasteiger charge is -2.23. The van der Waals surface area contributed by atoms with Gasteiger partial charge in [0.2, 0.25) is 5.78 Å². The van der Waals surface area contributed by atoms with Gasteiger partial charge in [-0.1, -0.05) is 48.5 Å². The molecule has 4 heteroatoms. The normalized spacial score (nSPS) is 13.9. The van der Waals surface area contributed by atoms with Gasteiger partial charge in [0.05, 0.1) is 23.9 Å². The standard InChI is InChI=1S/C18H13N3O/c19-12-14-11-17(18(22)15-7-3-1-4-8-15)20-21(13-14)16-9-5-2-6-10-16/h1-11H,13H2. The molecule has 0 saturated heterocycles. The van der Waals surface area contributed by atoms with Crippen LogP contribution in [0.25, 0.3) is 0 Å². The maximum Gasteiger partial charge on any atom is 0.213 e. The zero-order chi connectivity index (χ0) is 15.4. The third-order valence-electron chi connectivity index (χ3n) is 3.33. The number of ketones is 1. The quantitative estimate of drug-likeness (QED) is 0.815. The van der Waals surface area contributed by atoms with E-state index in [1.807, 2.05) is 36.4 Å². The van der Waals surface area contributed by atoms with E-state index in [0.29, 0.717) is 17.7 Å². The molecular weight excluding hydrogens is 274 g/mol. The molecule has 106 valence electrons. The van der Waals surface area contributed by atoms with Crippen molar-refractivity contribution in [2.45, 2.75) is 0 Å². The van der Waals surface area contributed by atoms with Crippen LogP contribution in [0, 0.1) is 11.3 Å². The lowest BCUT2D eigenvalue weighted by Crippen LogP contribution is -2.28. The number of nitrogens with zero attached hydrogens (tertiary/aromatic N) is 3. The average molecular weight is 287 g/mol. The number of hydrogen-bond donors (Lipinski definition) is 0. The summed E-state index contributed by atoms with van der Waals surface area (Å²) < 4.78 is 0. The first-order valence-electron chi connectivity index (χ1n) is 6.89. The number of carbonyl (C=O) groups excluding carboxylic acids is 1. The Hall–Kier alpha value is -3.19. The first-order chi connectivity index (χ1) is 10.8. The van der Waals surface area contributed by atoms with E-state index in [4.69, 9.17) is 0 Å². The van der Waals surface area contributed by atoms with E-state index in [9.17, 15) is 10.1 Å².